The summed E-state index contributed by atoms with van der Waals surface area (Å²) in [6.07, 6.45) is 4.00. The highest BCUT2D eigenvalue weighted by Gasteiger charge is 2.20. The maximum Gasteiger partial charge on any atom is 0.214 e. The maximum absolute atomic E-state index is 12.3. The highest BCUT2D eigenvalue weighted by atomic mass is 32.2. The summed E-state index contributed by atoms with van der Waals surface area (Å²) in [6, 6.07) is 4.08. The lowest BCUT2D eigenvalue weighted by Gasteiger charge is -2.20. The number of sulfonamides is 1. The van der Waals surface area contributed by atoms with E-state index in [1.807, 2.05) is 19.1 Å². The maximum atomic E-state index is 12.3. The van der Waals surface area contributed by atoms with E-state index in [4.69, 9.17) is 0 Å². The first-order valence-electron chi connectivity index (χ1n) is 7.06. The molecule has 0 fully saturated rings. The van der Waals surface area contributed by atoms with E-state index in [1.165, 1.54) is 4.31 Å². The molecule has 114 valence electrons. The fourth-order valence-corrected chi connectivity index (χ4v) is 3.38. The molecule has 20 heavy (non-hydrogen) atoms. The fraction of sp³-hybridized carbons (Fsp3) is 0.643. The third-order valence-electron chi connectivity index (χ3n) is 2.99. The van der Waals surface area contributed by atoms with E-state index in [-0.39, 0.29) is 5.75 Å². The summed E-state index contributed by atoms with van der Waals surface area (Å²) in [4.78, 5) is 3.94. The summed E-state index contributed by atoms with van der Waals surface area (Å²) in [5.74, 6) is 0.186. The molecule has 0 aliphatic carbocycles. The van der Waals surface area contributed by atoms with Gasteiger partial charge in [-0.05, 0) is 30.7 Å². The summed E-state index contributed by atoms with van der Waals surface area (Å²) in [5.41, 5.74) is 0.964. The molecule has 1 aromatic rings. The van der Waals surface area contributed by atoms with E-state index in [1.54, 1.807) is 12.4 Å². The summed E-state index contributed by atoms with van der Waals surface area (Å²) in [5, 5.41) is 3.23. The zero-order valence-corrected chi connectivity index (χ0v) is 13.4. The van der Waals surface area contributed by atoms with Crippen LogP contribution in [0.2, 0.25) is 0 Å². The van der Waals surface area contributed by atoms with Crippen LogP contribution >= 0.6 is 0 Å². The number of hydrogen-bond acceptors (Lipinski definition) is 4. The van der Waals surface area contributed by atoms with Crippen LogP contribution in [0.3, 0.4) is 0 Å². The van der Waals surface area contributed by atoms with Crippen LogP contribution in [-0.4, -0.2) is 42.6 Å². The molecule has 0 saturated heterocycles. The van der Waals surface area contributed by atoms with Crippen molar-refractivity contribution in [2.24, 2.45) is 0 Å². The molecule has 0 unspecified atom stereocenters. The zero-order chi connectivity index (χ0) is 15.0. The Morgan fingerprint density at radius 1 is 1.30 bits per heavy atom. The minimum Gasteiger partial charge on any atom is -0.314 e. The molecule has 0 aliphatic rings. The van der Waals surface area contributed by atoms with Gasteiger partial charge in [0.05, 0.1) is 5.75 Å². The molecule has 0 spiro atoms. The largest absolute Gasteiger partial charge is 0.314 e. The van der Waals surface area contributed by atoms with Crippen molar-refractivity contribution in [2.45, 2.75) is 39.8 Å². The Bertz CT molecular complexity index is 474. The summed E-state index contributed by atoms with van der Waals surface area (Å²) >= 11 is 0. The molecule has 1 N–H and O–H groups in total. The minimum absolute atomic E-state index is 0.186. The fourth-order valence-electron chi connectivity index (χ4n) is 1.87. The second-order valence-electron chi connectivity index (χ2n) is 5.06. The van der Waals surface area contributed by atoms with Crippen molar-refractivity contribution in [1.29, 1.82) is 0 Å². The average Bonchev–Trinajstić information content (AvgIpc) is 2.42. The Morgan fingerprint density at radius 2 is 1.95 bits per heavy atom. The van der Waals surface area contributed by atoms with E-state index in [9.17, 15) is 8.42 Å². The average molecular weight is 299 g/mol. The Kier molecular flexibility index (Phi) is 7.12. The van der Waals surface area contributed by atoms with E-state index >= 15 is 0 Å². The summed E-state index contributed by atoms with van der Waals surface area (Å²) in [7, 11) is -3.20. The van der Waals surface area contributed by atoms with Crippen LogP contribution in [-0.2, 0) is 16.6 Å². The Labute approximate surface area is 122 Å². The van der Waals surface area contributed by atoms with Crippen LogP contribution in [0.1, 0.15) is 32.8 Å². The van der Waals surface area contributed by atoms with Crippen LogP contribution in [0, 0.1) is 0 Å². The highest BCUT2D eigenvalue weighted by molar-refractivity contribution is 7.89. The summed E-state index contributed by atoms with van der Waals surface area (Å²) < 4.78 is 26.1. The first-order chi connectivity index (χ1) is 9.45. The van der Waals surface area contributed by atoms with Crippen molar-refractivity contribution >= 4 is 10.0 Å². The molecule has 0 atom stereocenters. The van der Waals surface area contributed by atoms with Crippen LogP contribution in [0.5, 0.6) is 0 Å². The van der Waals surface area contributed by atoms with Crippen molar-refractivity contribution in [3.05, 3.63) is 30.1 Å². The topological polar surface area (TPSA) is 62.3 Å². The molecule has 0 amide bonds. The van der Waals surface area contributed by atoms with Crippen molar-refractivity contribution in [2.75, 3.05) is 18.8 Å². The molecular formula is C14H25N3O2S. The van der Waals surface area contributed by atoms with Gasteiger partial charge in [-0.3, -0.25) is 4.98 Å². The molecule has 0 aromatic carbocycles. The molecule has 5 nitrogen and oxygen atoms in total. The van der Waals surface area contributed by atoms with Gasteiger partial charge in [0.25, 0.3) is 0 Å². The lowest BCUT2D eigenvalue weighted by Crippen LogP contribution is -2.34. The molecule has 1 heterocycles. The number of pyridine rings is 1. The second-order valence-corrected chi connectivity index (χ2v) is 7.15. The van der Waals surface area contributed by atoms with Crippen molar-refractivity contribution in [1.82, 2.24) is 14.6 Å². The minimum atomic E-state index is -3.20. The lowest BCUT2D eigenvalue weighted by molar-refractivity contribution is 0.421. The van der Waals surface area contributed by atoms with Gasteiger partial charge in [-0.2, -0.15) is 4.31 Å². The molecule has 0 aliphatic heterocycles. The number of rotatable bonds is 9. The number of aromatic nitrogens is 1. The van der Waals surface area contributed by atoms with E-state index in [0.29, 0.717) is 25.6 Å². The Hall–Kier alpha value is -0.980. The van der Waals surface area contributed by atoms with Gasteiger partial charge < -0.3 is 5.32 Å². The molecule has 6 heteroatoms. The molecule has 0 radical (unpaired) electrons. The van der Waals surface area contributed by atoms with E-state index in [2.05, 4.69) is 24.1 Å². The number of nitrogens with zero attached hydrogens (tertiary/aromatic N) is 2. The quantitative estimate of drug-likeness (QED) is 0.704. The van der Waals surface area contributed by atoms with Gasteiger partial charge in [-0.25, -0.2) is 8.42 Å². The first kappa shape index (κ1) is 17.1. The Balaban J connectivity index is 2.54. The van der Waals surface area contributed by atoms with Gasteiger partial charge in [0.2, 0.25) is 10.0 Å². The summed E-state index contributed by atoms with van der Waals surface area (Å²) in [6.45, 7) is 7.60. The van der Waals surface area contributed by atoms with Crippen molar-refractivity contribution in [3.63, 3.8) is 0 Å². The number of hydrogen-bond donors (Lipinski definition) is 1. The van der Waals surface area contributed by atoms with Gasteiger partial charge in [0, 0.05) is 31.5 Å². The van der Waals surface area contributed by atoms with Crippen molar-refractivity contribution in [3.8, 4) is 0 Å². The molecule has 1 aromatic heterocycles. The third-order valence-corrected chi connectivity index (χ3v) is 4.96. The Morgan fingerprint density at radius 3 is 2.50 bits per heavy atom. The highest BCUT2D eigenvalue weighted by Crippen LogP contribution is 2.09. The standard InChI is InChI=1S/C14H25N3O2S/c1-4-17(12-14-6-9-15-10-7-14)20(18,19)11-5-8-16-13(2)3/h6-7,9-10,13,16H,4-5,8,11-12H2,1-3H3. The van der Waals surface area contributed by atoms with E-state index in [0.717, 1.165) is 12.1 Å². The zero-order valence-electron chi connectivity index (χ0n) is 12.5. The lowest BCUT2D eigenvalue weighted by atomic mass is 10.3. The van der Waals surface area contributed by atoms with Gasteiger partial charge in [0.1, 0.15) is 0 Å². The molecular weight excluding hydrogens is 274 g/mol. The van der Waals surface area contributed by atoms with Crippen LogP contribution in [0.25, 0.3) is 0 Å². The van der Waals surface area contributed by atoms with Gasteiger partial charge in [-0.1, -0.05) is 20.8 Å². The van der Waals surface area contributed by atoms with Gasteiger partial charge in [-0.15, -0.1) is 0 Å². The normalized spacial score (nSPS) is 12.2. The SMILES string of the molecule is CCN(Cc1ccncc1)S(=O)(=O)CCCNC(C)C. The first-order valence-corrected chi connectivity index (χ1v) is 8.66. The van der Waals surface area contributed by atoms with Crippen LogP contribution < -0.4 is 5.32 Å². The van der Waals surface area contributed by atoms with Crippen LogP contribution in [0.15, 0.2) is 24.5 Å². The van der Waals surface area contributed by atoms with Crippen LogP contribution in [0.4, 0.5) is 0 Å². The molecule has 0 bridgehead atoms. The predicted molar refractivity (Wildman–Crippen MR) is 81.9 cm³/mol. The van der Waals surface area contributed by atoms with E-state index < -0.39 is 10.0 Å². The van der Waals surface area contributed by atoms with Gasteiger partial charge >= 0.3 is 0 Å². The molecule has 1 rings (SSSR count). The monoisotopic (exact) mass is 299 g/mol. The van der Waals surface area contributed by atoms with Crippen molar-refractivity contribution < 1.29 is 8.42 Å². The third kappa shape index (κ3) is 5.98. The van der Waals surface area contributed by atoms with Gasteiger partial charge in [0.15, 0.2) is 0 Å². The molecule has 0 saturated carbocycles. The smallest absolute Gasteiger partial charge is 0.214 e. The number of nitrogens with one attached hydrogen (secondary N) is 1. The second kappa shape index (κ2) is 8.34. The predicted octanol–water partition coefficient (Wildman–Crippen LogP) is 1.62.